The van der Waals surface area contributed by atoms with E-state index in [0.29, 0.717) is 13.0 Å². The summed E-state index contributed by atoms with van der Waals surface area (Å²) in [5, 5.41) is 5.15. The van der Waals surface area contributed by atoms with Gasteiger partial charge in [-0.3, -0.25) is 0 Å². The predicted molar refractivity (Wildman–Crippen MR) is 155 cm³/mol. The summed E-state index contributed by atoms with van der Waals surface area (Å²) in [5.74, 6) is 0.107. The fraction of sp³-hybridized carbons (Fsp3) is 0.926. The van der Waals surface area contributed by atoms with Gasteiger partial charge in [0.05, 0.1) is 18.9 Å². The summed E-state index contributed by atoms with van der Waals surface area (Å²) in [7, 11) is -2.34. The second-order valence-corrected chi connectivity index (χ2v) is 12.2. The Morgan fingerprint density at radius 2 is 1.26 bits per heavy atom. The van der Waals surface area contributed by atoms with Crippen LogP contribution in [-0.4, -0.2) is 65.1 Å². The van der Waals surface area contributed by atoms with Gasteiger partial charge in [-0.05, 0) is 12.8 Å². The molecule has 0 spiro atoms. The number of unbranched alkanes of at least 4 members (excludes halogenated alkanes) is 15. The molecule has 0 aromatic rings. The SMILES string of the molecule is CCCCCCCCCCCCCCCCCCNC(=O)OCC(CNS(=O)(=O)CCCCl)NC(=O)OC. The summed E-state index contributed by atoms with van der Waals surface area (Å²) in [6, 6.07) is -0.769. The van der Waals surface area contributed by atoms with Crippen LogP contribution in [0.1, 0.15) is 116 Å². The van der Waals surface area contributed by atoms with Gasteiger partial charge in [-0.1, -0.05) is 103 Å². The van der Waals surface area contributed by atoms with Crippen LogP contribution in [0.4, 0.5) is 9.59 Å². The van der Waals surface area contributed by atoms with Crippen LogP contribution in [-0.2, 0) is 19.5 Å². The van der Waals surface area contributed by atoms with E-state index in [2.05, 4.69) is 27.0 Å². The molecule has 9 nitrogen and oxygen atoms in total. The fourth-order valence-electron chi connectivity index (χ4n) is 4.01. The van der Waals surface area contributed by atoms with Gasteiger partial charge in [-0.25, -0.2) is 22.7 Å². The highest BCUT2D eigenvalue weighted by molar-refractivity contribution is 7.89. The van der Waals surface area contributed by atoms with E-state index in [1.54, 1.807) is 0 Å². The zero-order chi connectivity index (χ0) is 28.3. The number of ether oxygens (including phenoxy) is 2. The molecule has 0 aromatic heterocycles. The normalized spacial score (nSPS) is 12.2. The van der Waals surface area contributed by atoms with E-state index >= 15 is 0 Å². The van der Waals surface area contributed by atoms with Crippen molar-refractivity contribution in [2.75, 3.05) is 38.4 Å². The van der Waals surface area contributed by atoms with Crippen LogP contribution in [0.2, 0.25) is 0 Å². The van der Waals surface area contributed by atoms with Crippen LogP contribution in [0, 0.1) is 0 Å². The molecule has 0 aliphatic heterocycles. The summed E-state index contributed by atoms with van der Waals surface area (Å²) >= 11 is 5.54. The maximum atomic E-state index is 12.0. The Bertz CT molecular complexity index is 682. The van der Waals surface area contributed by atoms with Crippen LogP contribution >= 0.6 is 11.6 Å². The van der Waals surface area contributed by atoms with Crippen LogP contribution in [0.15, 0.2) is 0 Å². The zero-order valence-electron chi connectivity index (χ0n) is 23.9. The van der Waals surface area contributed by atoms with Crippen LogP contribution in [0.3, 0.4) is 0 Å². The molecule has 0 aliphatic rings. The Kier molecular flexibility index (Phi) is 25.1. The molecular weight excluding hydrogens is 530 g/mol. The first-order valence-corrected chi connectivity index (χ1v) is 16.8. The number of carbonyl (C=O) groups excluding carboxylic acids is 2. The van der Waals surface area contributed by atoms with Crippen LogP contribution < -0.4 is 15.4 Å². The monoisotopic (exact) mass is 583 g/mol. The summed E-state index contributed by atoms with van der Waals surface area (Å²) in [5.41, 5.74) is 0. The Morgan fingerprint density at radius 1 is 0.763 bits per heavy atom. The molecule has 1 unspecified atom stereocenters. The van der Waals surface area contributed by atoms with Gasteiger partial charge in [-0.2, -0.15) is 0 Å². The first kappa shape index (κ1) is 36.7. The van der Waals surface area contributed by atoms with Crippen molar-refractivity contribution in [3.8, 4) is 0 Å². The third kappa shape index (κ3) is 25.0. The maximum Gasteiger partial charge on any atom is 0.407 e. The van der Waals surface area contributed by atoms with Crippen molar-refractivity contribution in [1.82, 2.24) is 15.4 Å². The quantitative estimate of drug-likeness (QED) is 0.0817. The van der Waals surface area contributed by atoms with Gasteiger partial charge in [0.25, 0.3) is 0 Å². The lowest BCUT2D eigenvalue weighted by Gasteiger charge is -2.18. The van der Waals surface area contributed by atoms with Gasteiger partial charge in [0.1, 0.15) is 6.61 Å². The number of carbonyl (C=O) groups is 2. The molecule has 11 heteroatoms. The molecule has 226 valence electrons. The van der Waals surface area contributed by atoms with E-state index in [4.69, 9.17) is 16.3 Å². The number of alkyl carbamates (subject to hydrolysis) is 2. The third-order valence-electron chi connectivity index (χ3n) is 6.32. The molecule has 38 heavy (non-hydrogen) atoms. The van der Waals surface area contributed by atoms with Crippen molar-refractivity contribution in [1.29, 1.82) is 0 Å². The lowest BCUT2D eigenvalue weighted by atomic mass is 10.0. The molecule has 0 rings (SSSR count). The number of amides is 2. The highest BCUT2D eigenvalue weighted by atomic mass is 35.5. The summed E-state index contributed by atoms with van der Waals surface area (Å²) in [6.45, 7) is 2.44. The minimum absolute atomic E-state index is 0.123. The van der Waals surface area contributed by atoms with E-state index in [1.165, 1.54) is 90.6 Å². The van der Waals surface area contributed by atoms with E-state index in [-0.39, 0.29) is 24.8 Å². The molecular formula is C27H54ClN3O6S. The first-order chi connectivity index (χ1) is 18.3. The predicted octanol–water partition coefficient (Wildman–Crippen LogP) is 6.25. The minimum atomic E-state index is -3.54. The van der Waals surface area contributed by atoms with Crippen molar-refractivity contribution in [2.45, 2.75) is 122 Å². The number of sulfonamides is 1. The molecule has 0 saturated heterocycles. The molecule has 0 aromatic carbocycles. The van der Waals surface area contributed by atoms with Gasteiger partial charge < -0.3 is 20.1 Å². The highest BCUT2D eigenvalue weighted by Crippen LogP contribution is 2.13. The number of halogens is 1. The number of hydrogen-bond donors (Lipinski definition) is 3. The zero-order valence-corrected chi connectivity index (χ0v) is 25.4. The van der Waals surface area contributed by atoms with Crippen molar-refractivity contribution in [3.63, 3.8) is 0 Å². The van der Waals surface area contributed by atoms with Crippen LogP contribution in [0.25, 0.3) is 0 Å². The summed E-state index contributed by atoms with van der Waals surface area (Å²) in [4.78, 5) is 23.5. The van der Waals surface area contributed by atoms with Gasteiger partial charge in [0.2, 0.25) is 10.0 Å². The Morgan fingerprint density at radius 3 is 1.74 bits per heavy atom. The second kappa shape index (κ2) is 26.0. The Balaban J connectivity index is 3.77. The third-order valence-corrected chi connectivity index (χ3v) is 8.02. The van der Waals surface area contributed by atoms with Gasteiger partial charge in [0.15, 0.2) is 0 Å². The Labute approximate surface area is 236 Å². The average Bonchev–Trinajstić information content (AvgIpc) is 2.90. The molecule has 3 N–H and O–H groups in total. The molecule has 0 bridgehead atoms. The second-order valence-electron chi connectivity index (χ2n) is 9.87. The van der Waals surface area contributed by atoms with Gasteiger partial charge >= 0.3 is 12.2 Å². The topological polar surface area (TPSA) is 123 Å². The number of methoxy groups -OCH3 is 1. The first-order valence-electron chi connectivity index (χ1n) is 14.6. The smallest absolute Gasteiger partial charge is 0.407 e. The molecule has 1 atom stereocenters. The van der Waals surface area contributed by atoms with Crippen LogP contribution in [0.5, 0.6) is 0 Å². The lowest BCUT2D eigenvalue weighted by Crippen LogP contribution is -2.47. The molecule has 0 radical (unpaired) electrons. The summed E-state index contributed by atoms with van der Waals surface area (Å²) < 4.78 is 36.0. The minimum Gasteiger partial charge on any atom is -0.453 e. The van der Waals surface area contributed by atoms with E-state index in [0.717, 1.165) is 19.3 Å². The molecule has 0 aliphatic carbocycles. The Hall–Kier alpha value is -1.26. The molecule has 2 amide bonds. The van der Waals surface area contributed by atoms with Gasteiger partial charge in [0, 0.05) is 19.0 Å². The number of hydrogen-bond acceptors (Lipinski definition) is 6. The van der Waals surface area contributed by atoms with Gasteiger partial charge in [-0.15, -0.1) is 11.6 Å². The number of rotatable bonds is 26. The van der Waals surface area contributed by atoms with Crippen molar-refractivity contribution < 1.29 is 27.5 Å². The largest absolute Gasteiger partial charge is 0.453 e. The fourth-order valence-corrected chi connectivity index (χ4v) is 5.43. The summed E-state index contributed by atoms with van der Waals surface area (Å²) in [6.07, 6.45) is 19.6. The molecule has 0 fully saturated rings. The number of nitrogens with one attached hydrogen (secondary N) is 3. The van der Waals surface area contributed by atoms with Crippen molar-refractivity contribution in [2.24, 2.45) is 0 Å². The van der Waals surface area contributed by atoms with E-state index in [1.807, 2.05) is 0 Å². The molecule has 0 saturated carbocycles. The molecule has 0 heterocycles. The van der Waals surface area contributed by atoms with Crippen molar-refractivity contribution >= 4 is 33.8 Å². The number of alkyl halides is 1. The average molecular weight is 584 g/mol. The standard InChI is InChI=1S/C27H54ClN3O6S/c1-3-4-5-6-7-8-9-10-11-12-13-14-15-16-17-18-21-29-26(32)37-24-25(31-27(33)36-2)23-30-38(34,35)22-19-20-28/h25,30H,3-24H2,1-2H3,(H,29,32)(H,31,33). The van der Waals surface area contributed by atoms with E-state index < -0.39 is 28.3 Å². The van der Waals surface area contributed by atoms with Crippen molar-refractivity contribution in [3.05, 3.63) is 0 Å². The highest BCUT2D eigenvalue weighted by Gasteiger charge is 2.18. The lowest BCUT2D eigenvalue weighted by molar-refractivity contribution is 0.126. The van der Waals surface area contributed by atoms with E-state index in [9.17, 15) is 18.0 Å². The maximum absolute atomic E-state index is 12.0.